The van der Waals surface area contributed by atoms with Gasteiger partial charge in [-0.05, 0) is 47.5 Å². The van der Waals surface area contributed by atoms with Crippen LogP contribution in [-0.2, 0) is 0 Å². The molecule has 10 rings (SSSR count). The van der Waals surface area contributed by atoms with E-state index in [0.717, 1.165) is 77.2 Å². The summed E-state index contributed by atoms with van der Waals surface area (Å²) >= 11 is 0. The lowest BCUT2D eigenvalue weighted by molar-refractivity contribution is 1.07. The number of hydrogen-bond donors (Lipinski definition) is 0. The highest BCUT2D eigenvalue weighted by molar-refractivity contribution is 6.15. The second-order valence-corrected chi connectivity index (χ2v) is 12.2. The first-order valence-corrected chi connectivity index (χ1v) is 16.3. The molecule has 0 fully saturated rings. The second kappa shape index (κ2) is 10.9. The van der Waals surface area contributed by atoms with Gasteiger partial charge < -0.3 is 0 Å². The fraction of sp³-hybridized carbons (Fsp3) is 0. The van der Waals surface area contributed by atoms with Gasteiger partial charge in [-0.25, -0.2) is 24.9 Å². The average Bonchev–Trinajstić information content (AvgIpc) is 3.58. The van der Waals surface area contributed by atoms with E-state index in [1.54, 1.807) is 0 Å². The molecule has 6 heteroatoms. The number of pyridine rings is 2. The summed E-state index contributed by atoms with van der Waals surface area (Å²) in [5.74, 6) is 1.93. The lowest BCUT2D eigenvalue weighted by Crippen LogP contribution is -2.00. The molecule has 4 heterocycles. The van der Waals surface area contributed by atoms with Crippen molar-refractivity contribution in [3.8, 4) is 45.3 Å². The molecule has 0 unspecified atom stereocenters. The average molecular weight is 627 g/mol. The molecule has 49 heavy (non-hydrogen) atoms. The standard InChI is InChI=1S/C43H26N6/c1-3-11-28(12-4-1)40-46-41(29-13-5-2-6-14-29)48-42(47-40)30-21-19-27(20-22-30)31-23-24-37-33(25-31)39-34(26-32-15-7-8-16-35(32)44-39)43-45-36-17-9-10-18-38(36)49(37)43/h1-26H. The smallest absolute Gasteiger partial charge is 0.164 e. The number of imidazole rings is 1. The number of fused-ring (bicyclic) bond motifs is 9. The van der Waals surface area contributed by atoms with Crippen molar-refractivity contribution in [1.29, 1.82) is 0 Å². The van der Waals surface area contributed by atoms with Crippen molar-refractivity contribution >= 4 is 49.4 Å². The van der Waals surface area contributed by atoms with Crippen LogP contribution in [0.2, 0.25) is 0 Å². The molecule has 0 aliphatic rings. The fourth-order valence-corrected chi connectivity index (χ4v) is 6.79. The summed E-state index contributed by atoms with van der Waals surface area (Å²) in [5.41, 5.74) is 11.0. The number of benzene rings is 6. The third-order valence-corrected chi connectivity index (χ3v) is 9.19. The lowest BCUT2D eigenvalue weighted by atomic mass is 10.00. The van der Waals surface area contributed by atoms with E-state index in [4.69, 9.17) is 24.9 Å². The third-order valence-electron chi connectivity index (χ3n) is 9.19. The minimum atomic E-state index is 0.634. The Hall–Kier alpha value is -6.79. The van der Waals surface area contributed by atoms with E-state index in [1.165, 1.54) is 0 Å². The van der Waals surface area contributed by atoms with Gasteiger partial charge >= 0.3 is 0 Å². The molecule has 0 amide bonds. The minimum Gasteiger partial charge on any atom is -0.292 e. The molecule has 6 nitrogen and oxygen atoms in total. The number of nitrogens with zero attached hydrogens (tertiary/aromatic N) is 6. The maximum Gasteiger partial charge on any atom is 0.164 e. The van der Waals surface area contributed by atoms with Crippen LogP contribution in [0.15, 0.2) is 158 Å². The summed E-state index contributed by atoms with van der Waals surface area (Å²) < 4.78 is 2.27. The Balaban J connectivity index is 1.13. The Morgan fingerprint density at radius 1 is 0.347 bits per heavy atom. The van der Waals surface area contributed by atoms with Crippen LogP contribution in [0, 0.1) is 0 Å². The van der Waals surface area contributed by atoms with Gasteiger partial charge in [0.25, 0.3) is 0 Å². The van der Waals surface area contributed by atoms with Crippen LogP contribution in [0.5, 0.6) is 0 Å². The van der Waals surface area contributed by atoms with Gasteiger partial charge in [-0.2, -0.15) is 0 Å². The van der Waals surface area contributed by atoms with Crippen LogP contribution in [-0.4, -0.2) is 29.3 Å². The van der Waals surface area contributed by atoms with Gasteiger partial charge in [0.05, 0.1) is 27.6 Å². The summed E-state index contributed by atoms with van der Waals surface area (Å²) in [5, 5.41) is 3.21. The molecule has 0 radical (unpaired) electrons. The maximum atomic E-state index is 5.21. The molecule has 4 aromatic heterocycles. The Labute approximate surface area is 281 Å². The summed E-state index contributed by atoms with van der Waals surface area (Å²) in [6, 6.07) is 54.0. The Morgan fingerprint density at radius 3 is 1.59 bits per heavy atom. The van der Waals surface area contributed by atoms with E-state index in [-0.39, 0.29) is 0 Å². The van der Waals surface area contributed by atoms with E-state index in [0.29, 0.717) is 17.5 Å². The normalized spacial score (nSPS) is 11.7. The van der Waals surface area contributed by atoms with E-state index < -0.39 is 0 Å². The molecule has 0 spiro atoms. The molecule has 0 aliphatic carbocycles. The van der Waals surface area contributed by atoms with E-state index in [1.807, 2.05) is 72.8 Å². The summed E-state index contributed by atoms with van der Waals surface area (Å²) in [4.78, 5) is 24.9. The number of hydrogen-bond acceptors (Lipinski definition) is 5. The second-order valence-electron chi connectivity index (χ2n) is 12.2. The highest BCUT2D eigenvalue weighted by Gasteiger charge is 2.17. The summed E-state index contributed by atoms with van der Waals surface area (Å²) in [6.07, 6.45) is 0. The van der Waals surface area contributed by atoms with Gasteiger partial charge in [0.2, 0.25) is 0 Å². The topological polar surface area (TPSA) is 68.9 Å². The zero-order chi connectivity index (χ0) is 32.3. The van der Waals surface area contributed by atoms with Gasteiger partial charge in [-0.1, -0.05) is 121 Å². The quantitative estimate of drug-likeness (QED) is 0.144. The zero-order valence-corrected chi connectivity index (χ0v) is 26.2. The predicted molar refractivity (Wildman–Crippen MR) is 198 cm³/mol. The van der Waals surface area contributed by atoms with Crippen LogP contribution in [0.1, 0.15) is 0 Å². The Morgan fingerprint density at radius 2 is 0.898 bits per heavy atom. The number of rotatable bonds is 4. The van der Waals surface area contributed by atoms with Crippen molar-refractivity contribution in [2.45, 2.75) is 0 Å². The fourth-order valence-electron chi connectivity index (χ4n) is 6.79. The van der Waals surface area contributed by atoms with Crippen molar-refractivity contribution in [2.75, 3.05) is 0 Å². The molecule has 0 saturated heterocycles. The number of aromatic nitrogens is 6. The van der Waals surface area contributed by atoms with Crippen molar-refractivity contribution in [3.05, 3.63) is 158 Å². The SMILES string of the molecule is c1ccc(-c2nc(-c3ccccc3)nc(-c3ccc(-c4ccc5c(c4)c4nc6ccccc6cc4c4nc6ccccc6n54)cc3)n2)cc1. The van der Waals surface area contributed by atoms with Crippen LogP contribution < -0.4 is 0 Å². The Kier molecular flexibility index (Phi) is 6.08. The van der Waals surface area contributed by atoms with Crippen LogP contribution in [0.4, 0.5) is 0 Å². The highest BCUT2D eigenvalue weighted by Crippen LogP contribution is 2.36. The molecule has 228 valence electrons. The van der Waals surface area contributed by atoms with Crippen molar-refractivity contribution in [1.82, 2.24) is 29.3 Å². The van der Waals surface area contributed by atoms with Gasteiger partial charge in [0, 0.05) is 32.8 Å². The summed E-state index contributed by atoms with van der Waals surface area (Å²) in [7, 11) is 0. The van der Waals surface area contributed by atoms with Crippen LogP contribution in [0.3, 0.4) is 0 Å². The maximum absolute atomic E-state index is 5.21. The molecule has 6 aromatic carbocycles. The molecule has 0 N–H and O–H groups in total. The van der Waals surface area contributed by atoms with Gasteiger partial charge in [0.1, 0.15) is 5.65 Å². The van der Waals surface area contributed by atoms with Crippen LogP contribution >= 0.6 is 0 Å². The van der Waals surface area contributed by atoms with Crippen LogP contribution in [0.25, 0.3) is 94.7 Å². The highest BCUT2D eigenvalue weighted by atomic mass is 15.0. The van der Waals surface area contributed by atoms with Gasteiger partial charge in [-0.15, -0.1) is 0 Å². The number of para-hydroxylation sites is 3. The summed E-state index contributed by atoms with van der Waals surface area (Å²) in [6.45, 7) is 0. The minimum absolute atomic E-state index is 0.634. The van der Waals surface area contributed by atoms with Gasteiger partial charge in [0.15, 0.2) is 17.5 Å². The van der Waals surface area contributed by atoms with Crippen molar-refractivity contribution in [3.63, 3.8) is 0 Å². The first kappa shape index (κ1) is 27.3. The van der Waals surface area contributed by atoms with E-state index in [9.17, 15) is 0 Å². The predicted octanol–water partition coefficient (Wildman–Crippen LogP) is 10.2. The zero-order valence-electron chi connectivity index (χ0n) is 26.2. The molecule has 0 bridgehead atoms. The Bertz CT molecular complexity index is 2800. The van der Waals surface area contributed by atoms with Crippen molar-refractivity contribution in [2.24, 2.45) is 0 Å². The molecular formula is C43H26N6. The molecule has 0 saturated carbocycles. The first-order valence-electron chi connectivity index (χ1n) is 16.3. The third kappa shape index (κ3) is 4.53. The lowest BCUT2D eigenvalue weighted by Gasteiger charge is -2.12. The molecular weight excluding hydrogens is 601 g/mol. The van der Waals surface area contributed by atoms with Crippen molar-refractivity contribution < 1.29 is 0 Å². The molecule has 0 atom stereocenters. The first-order chi connectivity index (χ1) is 24.3. The largest absolute Gasteiger partial charge is 0.292 e. The van der Waals surface area contributed by atoms with E-state index in [2.05, 4.69) is 89.3 Å². The van der Waals surface area contributed by atoms with E-state index >= 15 is 0 Å². The monoisotopic (exact) mass is 626 g/mol. The molecule has 10 aromatic rings. The van der Waals surface area contributed by atoms with Gasteiger partial charge in [-0.3, -0.25) is 4.40 Å². The molecule has 0 aliphatic heterocycles.